The molecule has 1 N–H and O–H groups in total. The average Bonchev–Trinajstić information content (AvgIpc) is 3.03. The molecule has 1 atom stereocenters. The molecule has 0 aliphatic rings. The standard InChI is InChI=1S/C16H18ClNO4/c1-4-21-15-12(17)8-11(9-14(15)20-3)16(19)18-10(2)13-6-5-7-22-13/h5-10H,4H2,1-3H3,(H,18,19)/t10-/m0/s1. The number of methoxy groups -OCH3 is 1. The Hall–Kier alpha value is -2.14. The molecule has 0 unspecified atom stereocenters. The minimum atomic E-state index is -0.271. The Kier molecular flexibility index (Phi) is 5.33. The number of amides is 1. The second kappa shape index (κ2) is 7.22. The van der Waals surface area contributed by atoms with Crippen LogP contribution in [0.3, 0.4) is 0 Å². The van der Waals surface area contributed by atoms with E-state index in [4.69, 9.17) is 25.5 Å². The van der Waals surface area contributed by atoms with Crippen LogP contribution in [0.5, 0.6) is 11.5 Å². The van der Waals surface area contributed by atoms with Crippen LogP contribution in [0.25, 0.3) is 0 Å². The maximum Gasteiger partial charge on any atom is 0.252 e. The Bertz CT molecular complexity index is 640. The summed E-state index contributed by atoms with van der Waals surface area (Å²) in [5.41, 5.74) is 0.392. The highest BCUT2D eigenvalue weighted by Gasteiger charge is 2.18. The molecule has 0 bridgehead atoms. The maximum absolute atomic E-state index is 12.3. The van der Waals surface area contributed by atoms with E-state index in [0.717, 1.165) is 0 Å². The van der Waals surface area contributed by atoms with E-state index in [1.165, 1.54) is 7.11 Å². The monoisotopic (exact) mass is 323 g/mol. The van der Waals surface area contributed by atoms with E-state index in [-0.39, 0.29) is 11.9 Å². The van der Waals surface area contributed by atoms with Crippen LogP contribution in [-0.4, -0.2) is 19.6 Å². The summed E-state index contributed by atoms with van der Waals surface area (Å²) in [6.45, 7) is 4.14. The molecule has 118 valence electrons. The van der Waals surface area contributed by atoms with Gasteiger partial charge in [-0.25, -0.2) is 0 Å². The van der Waals surface area contributed by atoms with E-state index in [2.05, 4.69) is 5.32 Å². The molecule has 5 nitrogen and oxygen atoms in total. The number of nitrogens with one attached hydrogen (secondary N) is 1. The van der Waals surface area contributed by atoms with Crippen molar-refractivity contribution in [3.63, 3.8) is 0 Å². The van der Waals surface area contributed by atoms with Crippen LogP contribution >= 0.6 is 11.6 Å². The van der Waals surface area contributed by atoms with Gasteiger partial charge < -0.3 is 19.2 Å². The van der Waals surface area contributed by atoms with Crippen LogP contribution in [0.1, 0.15) is 36.0 Å². The van der Waals surface area contributed by atoms with E-state index in [1.807, 2.05) is 13.8 Å². The first-order valence-electron chi connectivity index (χ1n) is 6.91. The Balaban J connectivity index is 2.21. The van der Waals surface area contributed by atoms with Gasteiger partial charge in [0.1, 0.15) is 5.76 Å². The highest BCUT2D eigenvalue weighted by Crippen LogP contribution is 2.36. The van der Waals surface area contributed by atoms with E-state index < -0.39 is 0 Å². The Morgan fingerprint density at radius 3 is 2.82 bits per heavy atom. The van der Waals surface area contributed by atoms with Crippen molar-refractivity contribution < 1.29 is 18.7 Å². The van der Waals surface area contributed by atoms with Crippen molar-refractivity contribution in [2.75, 3.05) is 13.7 Å². The maximum atomic E-state index is 12.3. The summed E-state index contributed by atoms with van der Waals surface area (Å²) in [5, 5.41) is 3.17. The molecule has 22 heavy (non-hydrogen) atoms. The summed E-state index contributed by atoms with van der Waals surface area (Å²) in [7, 11) is 1.50. The lowest BCUT2D eigenvalue weighted by molar-refractivity contribution is 0.0935. The van der Waals surface area contributed by atoms with Gasteiger partial charge in [-0.2, -0.15) is 0 Å². The molecule has 6 heteroatoms. The molecule has 0 aliphatic carbocycles. The van der Waals surface area contributed by atoms with Crippen LogP contribution in [0.15, 0.2) is 34.9 Å². The predicted molar refractivity (Wildman–Crippen MR) is 83.8 cm³/mol. The number of ether oxygens (including phenoxy) is 2. The molecule has 2 aromatic rings. The Morgan fingerprint density at radius 1 is 1.45 bits per heavy atom. The summed E-state index contributed by atoms with van der Waals surface area (Å²) in [6, 6.07) is 6.48. The van der Waals surface area contributed by atoms with Crippen molar-refractivity contribution >= 4 is 17.5 Å². The average molecular weight is 324 g/mol. The molecule has 0 fully saturated rings. The third-order valence-electron chi connectivity index (χ3n) is 3.10. The largest absolute Gasteiger partial charge is 0.493 e. The highest BCUT2D eigenvalue weighted by atomic mass is 35.5. The number of rotatable bonds is 6. The lowest BCUT2D eigenvalue weighted by Gasteiger charge is -2.15. The van der Waals surface area contributed by atoms with Gasteiger partial charge in [0.2, 0.25) is 0 Å². The van der Waals surface area contributed by atoms with Gasteiger partial charge in [0, 0.05) is 5.56 Å². The SMILES string of the molecule is CCOc1c(Cl)cc(C(=O)N[C@@H](C)c2ccco2)cc1OC. The third kappa shape index (κ3) is 3.54. The molecular formula is C16H18ClNO4. The number of carbonyl (C=O) groups is 1. The van der Waals surface area contributed by atoms with Crippen LogP contribution in [0, 0.1) is 0 Å². The molecule has 0 radical (unpaired) electrons. The molecule has 0 saturated heterocycles. The van der Waals surface area contributed by atoms with Crippen molar-refractivity contribution in [3.05, 3.63) is 46.9 Å². The quantitative estimate of drug-likeness (QED) is 0.877. The van der Waals surface area contributed by atoms with E-state index in [9.17, 15) is 4.79 Å². The zero-order valence-corrected chi connectivity index (χ0v) is 13.4. The number of halogens is 1. The molecular weight excluding hydrogens is 306 g/mol. The fourth-order valence-corrected chi connectivity index (χ4v) is 2.29. The summed E-state index contributed by atoms with van der Waals surface area (Å²) in [5.74, 6) is 1.26. The van der Waals surface area contributed by atoms with Gasteiger partial charge in [-0.15, -0.1) is 0 Å². The number of carbonyl (C=O) groups excluding carboxylic acids is 1. The van der Waals surface area contributed by atoms with Gasteiger partial charge in [-0.1, -0.05) is 11.6 Å². The highest BCUT2D eigenvalue weighted by molar-refractivity contribution is 6.32. The minimum absolute atomic E-state index is 0.251. The molecule has 0 aliphatic heterocycles. The molecule has 1 amide bonds. The fraction of sp³-hybridized carbons (Fsp3) is 0.312. The van der Waals surface area contributed by atoms with E-state index >= 15 is 0 Å². The fourth-order valence-electron chi connectivity index (χ4n) is 2.02. The van der Waals surface area contributed by atoms with Gasteiger partial charge in [0.05, 0.1) is 31.0 Å². The lowest BCUT2D eigenvalue weighted by atomic mass is 10.1. The number of hydrogen-bond acceptors (Lipinski definition) is 4. The summed E-state index contributed by atoms with van der Waals surface area (Å²) >= 11 is 6.17. The molecule has 1 heterocycles. The van der Waals surface area contributed by atoms with Crippen molar-refractivity contribution in [3.8, 4) is 11.5 Å². The number of benzene rings is 1. The van der Waals surface area contributed by atoms with Crippen LogP contribution in [-0.2, 0) is 0 Å². The molecule has 1 aromatic carbocycles. The first-order chi connectivity index (χ1) is 10.6. The second-order valence-corrected chi connectivity index (χ2v) is 5.04. The van der Waals surface area contributed by atoms with E-state index in [0.29, 0.717) is 34.5 Å². The molecule has 1 aromatic heterocycles. The number of furan rings is 1. The van der Waals surface area contributed by atoms with Gasteiger partial charge in [0.15, 0.2) is 11.5 Å². The minimum Gasteiger partial charge on any atom is -0.493 e. The Labute approximate surface area is 134 Å². The second-order valence-electron chi connectivity index (χ2n) is 4.63. The molecule has 2 rings (SSSR count). The zero-order chi connectivity index (χ0) is 16.1. The lowest BCUT2D eigenvalue weighted by Crippen LogP contribution is -2.26. The van der Waals surface area contributed by atoms with Crippen LogP contribution in [0.4, 0.5) is 0 Å². The predicted octanol–water partition coefficient (Wildman–Crippen LogP) is 3.83. The van der Waals surface area contributed by atoms with Crippen molar-refractivity contribution in [2.24, 2.45) is 0 Å². The summed E-state index contributed by atoms with van der Waals surface area (Å²) < 4.78 is 15.9. The van der Waals surface area contributed by atoms with Crippen molar-refractivity contribution in [1.29, 1.82) is 0 Å². The Morgan fingerprint density at radius 2 is 2.23 bits per heavy atom. The van der Waals surface area contributed by atoms with Crippen molar-refractivity contribution in [1.82, 2.24) is 5.32 Å². The zero-order valence-electron chi connectivity index (χ0n) is 12.7. The van der Waals surface area contributed by atoms with Gasteiger partial charge in [-0.3, -0.25) is 4.79 Å². The normalized spacial score (nSPS) is 11.8. The van der Waals surface area contributed by atoms with Crippen molar-refractivity contribution in [2.45, 2.75) is 19.9 Å². The first kappa shape index (κ1) is 16.2. The summed E-state index contributed by atoms with van der Waals surface area (Å²) in [4.78, 5) is 12.3. The van der Waals surface area contributed by atoms with Crippen LogP contribution < -0.4 is 14.8 Å². The van der Waals surface area contributed by atoms with Gasteiger partial charge in [0.25, 0.3) is 5.91 Å². The first-order valence-corrected chi connectivity index (χ1v) is 7.29. The molecule has 0 spiro atoms. The topological polar surface area (TPSA) is 60.7 Å². The number of hydrogen-bond donors (Lipinski definition) is 1. The van der Waals surface area contributed by atoms with E-state index in [1.54, 1.807) is 30.5 Å². The third-order valence-corrected chi connectivity index (χ3v) is 3.38. The van der Waals surface area contributed by atoms with Crippen LogP contribution in [0.2, 0.25) is 5.02 Å². The van der Waals surface area contributed by atoms with Gasteiger partial charge in [-0.05, 0) is 38.1 Å². The smallest absolute Gasteiger partial charge is 0.252 e. The molecule has 0 saturated carbocycles. The van der Waals surface area contributed by atoms with Gasteiger partial charge >= 0.3 is 0 Å². The summed E-state index contributed by atoms with van der Waals surface area (Å²) in [6.07, 6.45) is 1.56.